The number of pyridine rings is 1. The Morgan fingerprint density at radius 1 is 1.44 bits per heavy atom. The second-order valence-corrected chi connectivity index (χ2v) is 4.43. The predicted molar refractivity (Wildman–Crippen MR) is 64.1 cm³/mol. The molecule has 1 aromatic rings. The van der Waals surface area contributed by atoms with Gasteiger partial charge in [0, 0.05) is 6.04 Å². The molecule has 0 radical (unpaired) electrons. The van der Waals surface area contributed by atoms with Crippen molar-refractivity contribution in [2.45, 2.75) is 26.8 Å². The van der Waals surface area contributed by atoms with Gasteiger partial charge >= 0.3 is 5.97 Å². The highest BCUT2D eigenvalue weighted by Crippen LogP contribution is 2.16. The molecule has 1 rings (SSSR count). The summed E-state index contributed by atoms with van der Waals surface area (Å²) in [7, 11) is 0. The minimum absolute atomic E-state index is 0.137. The van der Waals surface area contributed by atoms with Crippen LogP contribution < -0.4 is 5.32 Å². The lowest BCUT2D eigenvalue weighted by Gasteiger charge is -2.18. The molecule has 16 heavy (non-hydrogen) atoms. The van der Waals surface area contributed by atoms with Crippen LogP contribution in [0, 0.1) is 5.92 Å². The van der Waals surface area contributed by atoms with Crippen molar-refractivity contribution in [3.63, 3.8) is 0 Å². The van der Waals surface area contributed by atoms with Gasteiger partial charge in [0.2, 0.25) is 0 Å². The summed E-state index contributed by atoms with van der Waals surface area (Å²) in [6, 6.07) is 3.01. The van der Waals surface area contributed by atoms with E-state index in [4.69, 9.17) is 16.7 Å². The van der Waals surface area contributed by atoms with Crippen LogP contribution in [0.25, 0.3) is 0 Å². The zero-order chi connectivity index (χ0) is 12.3. The summed E-state index contributed by atoms with van der Waals surface area (Å²) in [6.45, 7) is 6.15. The number of carboxylic acids is 1. The average Bonchev–Trinajstić information content (AvgIpc) is 2.16. The highest BCUT2D eigenvalue weighted by Gasteiger charge is 2.11. The fraction of sp³-hybridized carbons (Fsp3) is 0.455. The van der Waals surface area contributed by atoms with Gasteiger partial charge < -0.3 is 10.4 Å². The maximum absolute atomic E-state index is 10.8. The van der Waals surface area contributed by atoms with Crippen LogP contribution in [0.4, 0.5) is 5.82 Å². The number of aromatic carboxylic acids is 1. The Morgan fingerprint density at radius 2 is 2.06 bits per heavy atom. The highest BCUT2D eigenvalue weighted by molar-refractivity contribution is 6.29. The third kappa shape index (κ3) is 3.38. The Morgan fingerprint density at radius 3 is 2.56 bits per heavy atom. The van der Waals surface area contributed by atoms with E-state index >= 15 is 0 Å². The molecule has 0 aliphatic rings. The third-order valence-electron chi connectivity index (χ3n) is 2.42. The Hall–Kier alpha value is -1.29. The Bertz CT molecular complexity index is 394. The van der Waals surface area contributed by atoms with Crippen molar-refractivity contribution in [3.8, 4) is 0 Å². The molecule has 5 heteroatoms. The zero-order valence-corrected chi connectivity index (χ0v) is 10.2. The van der Waals surface area contributed by atoms with Crippen molar-refractivity contribution in [2.75, 3.05) is 5.32 Å². The first kappa shape index (κ1) is 12.8. The molecule has 1 unspecified atom stereocenters. The summed E-state index contributed by atoms with van der Waals surface area (Å²) < 4.78 is 0. The van der Waals surface area contributed by atoms with E-state index in [2.05, 4.69) is 24.1 Å². The molecule has 2 N–H and O–H groups in total. The number of aromatic nitrogens is 1. The molecular formula is C11H15ClN2O2. The Balaban J connectivity index is 2.92. The molecule has 0 saturated heterocycles. The van der Waals surface area contributed by atoms with E-state index < -0.39 is 5.97 Å². The van der Waals surface area contributed by atoms with E-state index in [0.717, 1.165) is 0 Å². The summed E-state index contributed by atoms with van der Waals surface area (Å²) in [5.74, 6) is -0.0929. The number of rotatable bonds is 4. The second kappa shape index (κ2) is 5.16. The summed E-state index contributed by atoms with van der Waals surface area (Å²) >= 11 is 5.74. The van der Waals surface area contributed by atoms with Crippen molar-refractivity contribution in [2.24, 2.45) is 5.92 Å². The summed E-state index contributed by atoms with van der Waals surface area (Å²) in [4.78, 5) is 14.8. The van der Waals surface area contributed by atoms with Crippen LogP contribution >= 0.6 is 11.6 Å². The summed E-state index contributed by atoms with van der Waals surface area (Å²) in [6.07, 6.45) is 0. The van der Waals surface area contributed by atoms with Crippen molar-refractivity contribution in [1.82, 2.24) is 4.98 Å². The van der Waals surface area contributed by atoms with Gasteiger partial charge in [0.1, 0.15) is 11.0 Å². The number of hydrogen-bond acceptors (Lipinski definition) is 3. The van der Waals surface area contributed by atoms with Crippen LogP contribution in [-0.4, -0.2) is 22.1 Å². The minimum atomic E-state index is -1.01. The van der Waals surface area contributed by atoms with Gasteiger partial charge in [-0.2, -0.15) is 0 Å². The van der Waals surface area contributed by atoms with Crippen LogP contribution in [-0.2, 0) is 0 Å². The fourth-order valence-electron chi connectivity index (χ4n) is 1.09. The van der Waals surface area contributed by atoms with Gasteiger partial charge in [-0.05, 0) is 25.0 Å². The molecule has 1 aromatic heterocycles. The SMILES string of the molecule is CC(C)C(C)Nc1cc(C(=O)O)cc(Cl)n1. The Kier molecular flexibility index (Phi) is 4.12. The fourth-order valence-corrected chi connectivity index (χ4v) is 1.30. The van der Waals surface area contributed by atoms with Crippen molar-refractivity contribution in [3.05, 3.63) is 22.8 Å². The van der Waals surface area contributed by atoms with E-state index in [1.165, 1.54) is 12.1 Å². The maximum atomic E-state index is 10.8. The van der Waals surface area contributed by atoms with Gasteiger partial charge in [0.05, 0.1) is 5.56 Å². The predicted octanol–water partition coefficient (Wildman–Crippen LogP) is 2.89. The van der Waals surface area contributed by atoms with Crippen molar-refractivity contribution >= 4 is 23.4 Å². The van der Waals surface area contributed by atoms with Crippen LogP contribution in [0.1, 0.15) is 31.1 Å². The minimum Gasteiger partial charge on any atom is -0.478 e. The molecule has 0 fully saturated rings. The van der Waals surface area contributed by atoms with Crippen LogP contribution in [0.3, 0.4) is 0 Å². The van der Waals surface area contributed by atoms with Crippen LogP contribution in [0.5, 0.6) is 0 Å². The van der Waals surface area contributed by atoms with Gasteiger partial charge in [-0.3, -0.25) is 0 Å². The van der Waals surface area contributed by atoms with E-state index in [9.17, 15) is 4.79 Å². The van der Waals surface area contributed by atoms with E-state index in [-0.39, 0.29) is 16.8 Å². The van der Waals surface area contributed by atoms with Crippen molar-refractivity contribution in [1.29, 1.82) is 0 Å². The number of carboxylic acid groups (broad SMARTS) is 1. The van der Waals surface area contributed by atoms with Gasteiger partial charge in [-0.15, -0.1) is 0 Å². The van der Waals surface area contributed by atoms with Gasteiger partial charge in [-0.1, -0.05) is 25.4 Å². The van der Waals surface area contributed by atoms with E-state index in [1.807, 2.05) is 6.92 Å². The molecule has 88 valence electrons. The second-order valence-electron chi connectivity index (χ2n) is 4.05. The van der Waals surface area contributed by atoms with E-state index in [0.29, 0.717) is 11.7 Å². The van der Waals surface area contributed by atoms with Crippen LogP contribution in [0.15, 0.2) is 12.1 Å². The van der Waals surface area contributed by atoms with Gasteiger partial charge in [0.25, 0.3) is 0 Å². The smallest absolute Gasteiger partial charge is 0.335 e. The largest absolute Gasteiger partial charge is 0.478 e. The molecule has 0 bridgehead atoms. The average molecular weight is 243 g/mol. The molecule has 1 heterocycles. The molecule has 1 atom stereocenters. The number of nitrogens with one attached hydrogen (secondary N) is 1. The molecule has 0 saturated carbocycles. The molecule has 0 spiro atoms. The zero-order valence-electron chi connectivity index (χ0n) is 9.49. The molecule has 0 amide bonds. The normalized spacial score (nSPS) is 12.6. The van der Waals surface area contributed by atoms with E-state index in [1.54, 1.807) is 0 Å². The Labute approximate surface area is 99.6 Å². The van der Waals surface area contributed by atoms with Gasteiger partial charge in [0.15, 0.2) is 0 Å². The summed E-state index contributed by atoms with van der Waals surface area (Å²) in [5, 5.41) is 12.2. The molecule has 0 aliphatic heterocycles. The monoisotopic (exact) mass is 242 g/mol. The molecule has 4 nitrogen and oxygen atoms in total. The number of nitrogens with zero attached hydrogens (tertiary/aromatic N) is 1. The third-order valence-corrected chi connectivity index (χ3v) is 2.61. The lowest BCUT2D eigenvalue weighted by atomic mass is 10.1. The topological polar surface area (TPSA) is 62.2 Å². The lowest BCUT2D eigenvalue weighted by molar-refractivity contribution is 0.0697. The highest BCUT2D eigenvalue weighted by atomic mass is 35.5. The number of hydrogen-bond donors (Lipinski definition) is 2. The molecule has 0 aromatic carbocycles. The maximum Gasteiger partial charge on any atom is 0.335 e. The first-order valence-corrected chi connectivity index (χ1v) is 5.45. The molecular weight excluding hydrogens is 228 g/mol. The quantitative estimate of drug-likeness (QED) is 0.797. The van der Waals surface area contributed by atoms with Crippen molar-refractivity contribution < 1.29 is 9.90 Å². The van der Waals surface area contributed by atoms with Crippen LogP contribution in [0.2, 0.25) is 5.15 Å². The first-order valence-electron chi connectivity index (χ1n) is 5.07. The standard InChI is InChI=1S/C11H15ClN2O2/c1-6(2)7(3)13-10-5-8(11(15)16)4-9(12)14-10/h4-7H,1-3H3,(H,13,14)(H,15,16). The first-order chi connectivity index (χ1) is 7.40. The lowest BCUT2D eigenvalue weighted by Crippen LogP contribution is -2.22. The molecule has 0 aliphatic carbocycles. The number of carbonyl (C=O) groups is 1. The number of halogens is 1. The number of anilines is 1. The van der Waals surface area contributed by atoms with Gasteiger partial charge in [-0.25, -0.2) is 9.78 Å². The summed E-state index contributed by atoms with van der Waals surface area (Å²) in [5.41, 5.74) is 0.137.